The summed E-state index contributed by atoms with van der Waals surface area (Å²) in [5, 5.41) is 0. The molecule has 0 amide bonds. The lowest BCUT2D eigenvalue weighted by atomic mass is 9.92. The molecule has 126 valence electrons. The fourth-order valence-corrected chi connectivity index (χ4v) is 2.66. The van der Waals surface area contributed by atoms with Gasteiger partial charge in [0.2, 0.25) is 0 Å². The third kappa shape index (κ3) is 15.7. The van der Waals surface area contributed by atoms with E-state index < -0.39 is 0 Å². The predicted octanol–water partition coefficient (Wildman–Crippen LogP) is 7.80. The highest BCUT2D eigenvalue weighted by Gasteiger charge is 2.06. The Bertz CT molecular complexity index is 259. The maximum Gasteiger partial charge on any atom is -0.0342 e. The van der Waals surface area contributed by atoms with Crippen LogP contribution in [0.25, 0.3) is 0 Å². The van der Waals surface area contributed by atoms with Crippen LogP contribution in [-0.4, -0.2) is 0 Å². The molecule has 0 nitrogen and oxygen atoms in total. The molecule has 0 aliphatic heterocycles. The maximum atomic E-state index is 3.79. The Hall–Kier alpha value is -0.520. The van der Waals surface area contributed by atoms with Crippen LogP contribution in [0.5, 0.6) is 0 Å². The molecule has 0 aliphatic rings. The lowest BCUT2D eigenvalue weighted by Gasteiger charge is -2.14. The monoisotopic (exact) mass is 294 g/mol. The molecular formula is C21H42. The van der Waals surface area contributed by atoms with E-state index in [-0.39, 0.29) is 7.43 Å². The first-order chi connectivity index (χ1) is 9.45. The zero-order chi connectivity index (χ0) is 15.4. The van der Waals surface area contributed by atoms with Gasteiger partial charge in [0.1, 0.15) is 0 Å². The summed E-state index contributed by atoms with van der Waals surface area (Å²) in [6, 6.07) is 0. The number of hydrogen-bond donors (Lipinski definition) is 0. The van der Waals surface area contributed by atoms with Gasteiger partial charge in [-0.25, -0.2) is 0 Å². The molecule has 0 aliphatic carbocycles. The smallest absolute Gasteiger partial charge is 0.0342 e. The molecule has 0 aromatic rings. The average Bonchev–Trinajstić information content (AvgIpc) is 2.38. The van der Waals surface area contributed by atoms with Gasteiger partial charge in [0, 0.05) is 0 Å². The van der Waals surface area contributed by atoms with Crippen molar-refractivity contribution in [2.45, 2.75) is 93.4 Å². The molecule has 2 unspecified atom stereocenters. The van der Waals surface area contributed by atoms with Gasteiger partial charge >= 0.3 is 0 Å². The van der Waals surface area contributed by atoms with Crippen LogP contribution in [-0.2, 0) is 0 Å². The molecule has 0 spiro atoms. The predicted molar refractivity (Wildman–Crippen MR) is 101 cm³/mol. The molecule has 0 N–H and O–H groups in total. The third-order valence-corrected chi connectivity index (χ3v) is 4.32. The normalized spacial score (nSPS) is 14.7. The van der Waals surface area contributed by atoms with Crippen molar-refractivity contribution in [3.05, 3.63) is 24.3 Å². The molecule has 0 rings (SSSR count). The highest BCUT2D eigenvalue weighted by atomic mass is 14.1. The Morgan fingerprint density at radius 1 is 0.857 bits per heavy atom. The summed E-state index contributed by atoms with van der Waals surface area (Å²) >= 11 is 0. The molecule has 0 radical (unpaired) electrons. The number of allylic oxidation sites excluding steroid dienone is 3. The molecule has 0 bridgehead atoms. The summed E-state index contributed by atoms with van der Waals surface area (Å²) in [6.45, 7) is 15.4. The van der Waals surface area contributed by atoms with Crippen molar-refractivity contribution >= 4 is 0 Å². The fraction of sp³-hybridized carbons (Fsp3) is 0.810. The zero-order valence-electron chi connectivity index (χ0n) is 14.8. The van der Waals surface area contributed by atoms with Crippen molar-refractivity contribution < 1.29 is 0 Å². The standard InChI is InChI=1S/C20H38.CH4/c1-7-18(4)12-9-14-20(6)16-10-15-19(5)13-8-11-17(2)3;/h7,12,17,19-20H,1,8-11,13-16H2,2-6H3;1H4/b18-12-;. The molecule has 0 aromatic heterocycles. The summed E-state index contributed by atoms with van der Waals surface area (Å²) in [5.74, 6) is 2.66. The minimum Gasteiger partial charge on any atom is -0.0988 e. The topological polar surface area (TPSA) is 0 Å². The van der Waals surface area contributed by atoms with Crippen molar-refractivity contribution in [2.24, 2.45) is 17.8 Å². The summed E-state index contributed by atoms with van der Waals surface area (Å²) < 4.78 is 0. The second-order valence-corrected chi connectivity index (χ2v) is 7.20. The van der Waals surface area contributed by atoms with E-state index in [1.165, 1.54) is 56.9 Å². The van der Waals surface area contributed by atoms with Gasteiger partial charge in [-0.3, -0.25) is 0 Å². The quantitative estimate of drug-likeness (QED) is 0.322. The summed E-state index contributed by atoms with van der Waals surface area (Å²) in [6.07, 6.45) is 15.3. The van der Waals surface area contributed by atoms with Crippen molar-refractivity contribution in [2.75, 3.05) is 0 Å². The van der Waals surface area contributed by atoms with E-state index in [0.29, 0.717) is 0 Å². The van der Waals surface area contributed by atoms with E-state index in [9.17, 15) is 0 Å². The fourth-order valence-electron chi connectivity index (χ4n) is 2.66. The van der Waals surface area contributed by atoms with E-state index in [1.54, 1.807) is 0 Å². The molecule has 0 saturated heterocycles. The van der Waals surface area contributed by atoms with Gasteiger partial charge in [0.25, 0.3) is 0 Å². The van der Waals surface area contributed by atoms with Crippen LogP contribution >= 0.6 is 0 Å². The Labute approximate surface area is 136 Å². The van der Waals surface area contributed by atoms with Crippen LogP contribution in [0.1, 0.15) is 93.4 Å². The van der Waals surface area contributed by atoms with E-state index in [2.05, 4.69) is 47.3 Å². The Balaban J connectivity index is 0. The summed E-state index contributed by atoms with van der Waals surface area (Å²) in [4.78, 5) is 0. The van der Waals surface area contributed by atoms with Gasteiger partial charge in [0.15, 0.2) is 0 Å². The highest BCUT2D eigenvalue weighted by Crippen LogP contribution is 2.21. The Morgan fingerprint density at radius 2 is 1.33 bits per heavy atom. The molecule has 0 saturated carbocycles. The molecule has 21 heavy (non-hydrogen) atoms. The minimum atomic E-state index is 0. The molecular weight excluding hydrogens is 252 g/mol. The van der Waals surface area contributed by atoms with Gasteiger partial charge in [-0.2, -0.15) is 0 Å². The van der Waals surface area contributed by atoms with Gasteiger partial charge < -0.3 is 0 Å². The van der Waals surface area contributed by atoms with Crippen LogP contribution in [0.4, 0.5) is 0 Å². The second kappa shape index (κ2) is 14.4. The Kier molecular flexibility index (Phi) is 15.6. The lowest BCUT2D eigenvalue weighted by Crippen LogP contribution is -2.00. The van der Waals surface area contributed by atoms with E-state index >= 15 is 0 Å². The van der Waals surface area contributed by atoms with Crippen LogP contribution in [0.15, 0.2) is 24.3 Å². The van der Waals surface area contributed by atoms with E-state index in [4.69, 9.17) is 0 Å². The average molecular weight is 295 g/mol. The summed E-state index contributed by atoms with van der Waals surface area (Å²) in [7, 11) is 0. The molecule has 0 fully saturated rings. The minimum absolute atomic E-state index is 0. The highest BCUT2D eigenvalue weighted by molar-refractivity contribution is 5.12. The van der Waals surface area contributed by atoms with Crippen molar-refractivity contribution in [3.63, 3.8) is 0 Å². The summed E-state index contributed by atoms with van der Waals surface area (Å²) in [5.41, 5.74) is 1.32. The molecule has 2 atom stereocenters. The molecule has 0 aromatic carbocycles. The third-order valence-electron chi connectivity index (χ3n) is 4.32. The van der Waals surface area contributed by atoms with Crippen LogP contribution < -0.4 is 0 Å². The first-order valence-electron chi connectivity index (χ1n) is 8.74. The SMILES string of the molecule is C.C=C/C(C)=C\CCC(C)CCCC(C)CCCC(C)C. The van der Waals surface area contributed by atoms with Crippen molar-refractivity contribution in [1.29, 1.82) is 0 Å². The first-order valence-corrected chi connectivity index (χ1v) is 8.74. The maximum absolute atomic E-state index is 3.79. The van der Waals surface area contributed by atoms with E-state index in [1.807, 2.05) is 6.08 Å². The second-order valence-electron chi connectivity index (χ2n) is 7.20. The largest absolute Gasteiger partial charge is 0.0988 e. The van der Waals surface area contributed by atoms with E-state index in [0.717, 1.165) is 17.8 Å². The van der Waals surface area contributed by atoms with Crippen LogP contribution in [0.2, 0.25) is 0 Å². The number of rotatable bonds is 12. The van der Waals surface area contributed by atoms with Crippen molar-refractivity contribution in [1.82, 2.24) is 0 Å². The lowest BCUT2D eigenvalue weighted by molar-refractivity contribution is 0.393. The molecule has 0 heteroatoms. The number of hydrogen-bond acceptors (Lipinski definition) is 0. The van der Waals surface area contributed by atoms with Gasteiger partial charge in [-0.1, -0.05) is 98.0 Å². The van der Waals surface area contributed by atoms with Crippen molar-refractivity contribution in [3.8, 4) is 0 Å². The first kappa shape index (κ1) is 22.8. The van der Waals surface area contributed by atoms with Crippen LogP contribution in [0, 0.1) is 17.8 Å². The van der Waals surface area contributed by atoms with Gasteiger partial charge in [0.05, 0.1) is 0 Å². The zero-order valence-corrected chi connectivity index (χ0v) is 14.8. The van der Waals surface area contributed by atoms with Gasteiger partial charge in [-0.05, 0) is 37.5 Å². The van der Waals surface area contributed by atoms with Crippen LogP contribution in [0.3, 0.4) is 0 Å². The molecule has 0 heterocycles. The Morgan fingerprint density at radius 3 is 1.81 bits per heavy atom. The van der Waals surface area contributed by atoms with Gasteiger partial charge in [-0.15, -0.1) is 0 Å².